The van der Waals surface area contributed by atoms with Crippen LogP contribution in [0.3, 0.4) is 0 Å². The van der Waals surface area contributed by atoms with E-state index in [2.05, 4.69) is 36.5 Å². The highest BCUT2D eigenvalue weighted by Crippen LogP contribution is 2.56. The molecule has 0 radical (unpaired) electrons. The van der Waals surface area contributed by atoms with E-state index in [4.69, 9.17) is 0 Å². The molecule has 3 atom stereocenters. The summed E-state index contributed by atoms with van der Waals surface area (Å²) >= 11 is 0. The number of amides is 1. The van der Waals surface area contributed by atoms with Gasteiger partial charge in [-0.1, -0.05) is 20.8 Å². The zero-order valence-corrected chi connectivity index (χ0v) is 17.3. The first-order valence-corrected chi connectivity index (χ1v) is 10.9. The Hall–Kier alpha value is -1.92. The molecular weight excluding hydrogens is 374 g/mol. The number of nitrogens with zero attached hydrogens (tertiary/aromatic N) is 2. The maximum absolute atomic E-state index is 13.7. The van der Waals surface area contributed by atoms with Gasteiger partial charge in [-0.25, -0.2) is 8.78 Å². The van der Waals surface area contributed by atoms with E-state index in [9.17, 15) is 13.6 Å². The Bertz CT molecular complexity index is 813. The molecule has 5 rings (SSSR count). The average molecular weight is 405 g/mol. The Morgan fingerprint density at radius 3 is 2.55 bits per heavy atom. The highest BCUT2D eigenvalue weighted by atomic mass is 19.3. The number of rotatable bonds is 3. The normalized spacial score (nSPS) is 37.7. The average Bonchev–Trinajstić information content (AvgIpc) is 3.54. The fourth-order valence-electron chi connectivity index (χ4n) is 5.41. The molecule has 3 fully saturated rings. The lowest BCUT2D eigenvalue weighted by Crippen LogP contribution is -2.45. The quantitative estimate of drug-likeness (QED) is 0.756. The SMILES string of the molecule is CC(C)(C)C1CCC(NC(=O)C23C=NN4C(C(F)F)=CC(=C5CC5)NC2C43)CC1. The predicted molar refractivity (Wildman–Crippen MR) is 107 cm³/mol. The summed E-state index contributed by atoms with van der Waals surface area (Å²) in [5.41, 5.74) is 1.28. The van der Waals surface area contributed by atoms with Crippen molar-refractivity contribution in [2.45, 2.75) is 83.8 Å². The number of hydrogen-bond acceptors (Lipinski definition) is 4. The number of hydrazone groups is 1. The van der Waals surface area contributed by atoms with Crippen molar-refractivity contribution in [1.82, 2.24) is 15.6 Å². The molecule has 0 aromatic carbocycles. The van der Waals surface area contributed by atoms with Crippen molar-refractivity contribution in [2.24, 2.45) is 21.8 Å². The van der Waals surface area contributed by atoms with Gasteiger partial charge >= 0.3 is 0 Å². The number of fused-ring (bicyclic) bond motifs is 1. The molecule has 0 bridgehead atoms. The van der Waals surface area contributed by atoms with Gasteiger partial charge in [-0.05, 0) is 61.5 Å². The van der Waals surface area contributed by atoms with Crippen molar-refractivity contribution in [2.75, 3.05) is 0 Å². The fraction of sp³-hybridized carbons (Fsp3) is 0.727. The standard InChI is InChI=1S/C22H30F2N4O/c1-21(2,3)13-6-8-14(9-7-13)26-20(29)22-11-25-28-16(19(23)24)10-15(12-4-5-12)27-17(22)18(22)28/h10-11,13-14,17-19,27H,4-9H2,1-3H3,(H,26,29). The molecule has 3 unspecified atom stereocenters. The first kappa shape index (κ1) is 19.1. The summed E-state index contributed by atoms with van der Waals surface area (Å²) in [5, 5.41) is 12.2. The van der Waals surface area contributed by atoms with Crippen LogP contribution in [0.1, 0.15) is 59.3 Å². The lowest BCUT2D eigenvalue weighted by atomic mass is 9.71. The highest BCUT2D eigenvalue weighted by Gasteiger charge is 2.76. The van der Waals surface area contributed by atoms with Crippen LogP contribution in [0.5, 0.6) is 0 Å². The minimum Gasteiger partial charge on any atom is -0.379 e. The van der Waals surface area contributed by atoms with Gasteiger partial charge in [0.2, 0.25) is 5.91 Å². The second-order valence-electron chi connectivity index (χ2n) is 10.4. The number of halogens is 2. The molecule has 3 aliphatic carbocycles. The van der Waals surface area contributed by atoms with E-state index in [1.165, 1.54) is 11.1 Å². The third-order valence-corrected chi connectivity index (χ3v) is 7.52. The van der Waals surface area contributed by atoms with E-state index in [0.29, 0.717) is 11.3 Å². The molecule has 0 spiro atoms. The smallest absolute Gasteiger partial charge is 0.280 e. The maximum atomic E-state index is 13.7. The summed E-state index contributed by atoms with van der Waals surface area (Å²) in [4.78, 5) is 13.3. The third kappa shape index (κ3) is 2.99. The van der Waals surface area contributed by atoms with E-state index >= 15 is 0 Å². The lowest BCUT2D eigenvalue weighted by Gasteiger charge is -2.37. The summed E-state index contributed by atoms with van der Waals surface area (Å²) in [6.45, 7) is 6.84. The van der Waals surface area contributed by atoms with Crippen LogP contribution >= 0.6 is 0 Å². The van der Waals surface area contributed by atoms with Crippen molar-refractivity contribution in [3.8, 4) is 0 Å². The van der Waals surface area contributed by atoms with Crippen LogP contribution in [0.4, 0.5) is 8.78 Å². The molecule has 1 amide bonds. The van der Waals surface area contributed by atoms with Gasteiger partial charge in [-0.15, -0.1) is 0 Å². The van der Waals surface area contributed by atoms with Gasteiger partial charge < -0.3 is 10.6 Å². The zero-order valence-electron chi connectivity index (χ0n) is 17.3. The van der Waals surface area contributed by atoms with Crippen molar-refractivity contribution < 1.29 is 13.6 Å². The first-order chi connectivity index (χ1) is 13.7. The molecule has 0 aromatic heterocycles. The Balaban J connectivity index is 1.31. The fourth-order valence-corrected chi connectivity index (χ4v) is 5.41. The van der Waals surface area contributed by atoms with Gasteiger partial charge in [0.05, 0.1) is 12.1 Å². The summed E-state index contributed by atoms with van der Waals surface area (Å²) in [6, 6.07) is -0.388. The van der Waals surface area contributed by atoms with Gasteiger partial charge in [-0.3, -0.25) is 9.80 Å². The number of nitrogens with one attached hydrogen (secondary N) is 2. The van der Waals surface area contributed by atoms with Crippen LogP contribution < -0.4 is 10.6 Å². The van der Waals surface area contributed by atoms with Gasteiger partial charge in [0.25, 0.3) is 6.43 Å². The monoisotopic (exact) mass is 404 g/mol. The molecule has 29 heavy (non-hydrogen) atoms. The Kier molecular flexibility index (Phi) is 4.13. The third-order valence-electron chi connectivity index (χ3n) is 7.52. The second kappa shape index (κ2) is 6.29. The summed E-state index contributed by atoms with van der Waals surface area (Å²) in [6.07, 6.45) is 6.56. The van der Waals surface area contributed by atoms with E-state index in [1.54, 1.807) is 6.21 Å². The van der Waals surface area contributed by atoms with Crippen molar-refractivity contribution in [1.29, 1.82) is 0 Å². The molecule has 2 heterocycles. The van der Waals surface area contributed by atoms with Gasteiger partial charge in [0, 0.05) is 18.0 Å². The van der Waals surface area contributed by atoms with E-state index < -0.39 is 11.8 Å². The van der Waals surface area contributed by atoms with Crippen LogP contribution in [0.2, 0.25) is 0 Å². The first-order valence-electron chi connectivity index (χ1n) is 10.9. The molecule has 0 saturated heterocycles. The largest absolute Gasteiger partial charge is 0.379 e. The van der Waals surface area contributed by atoms with Gasteiger partial charge in [0.1, 0.15) is 11.1 Å². The number of carbonyl (C=O) groups is 1. The highest BCUT2D eigenvalue weighted by molar-refractivity contribution is 6.06. The topological polar surface area (TPSA) is 56.7 Å². The van der Waals surface area contributed by atoms with Gasteiger partial charge in [-0.2, -0.15) is 5.10 Å². The Morgan fingerprint density at radius 1 is 1.28 bits per heavy atom. The molecular formula is C22H30F2N4O. The minimum atomic E-state index is -2.62. The summed E-state index contributed by atoms with van der Waals surface area (Å²) in [7, 11) is 0. The van der Waals surface area contributed by atoms with Crippen LogP contribution in [-0.4, -0.2) is 41.7 Å². The molecule has 3 saturated carbocycles. The molecule has 7 heteroatoms. The maximum Gasteiger partial charge on any atom is 0.280 e. The number of carbonyl (C=O) groups excluding carboxylic acids is 1. The van der Waals surface area contributed by atoms with Crippen LogP contribution in [0.25, 0.3) is 0 Å². The van der Waals surface area contributed by atoms with Gasteiger partial charge in [0.15, 0.2) is 0 Å². The van der Waals surface area contributed by atoms with E-state index in [1.807, 2.05) is 0 Å². The van der Waals surface area contributed by atoms with Crippen molar-refractivity contribution >= 4 is 12.1 Å². The van der Waals surface area contributed by atoms with E-state index in [0.717, 1.165) is 49.8 Å². The number of alkyl halides is 2. The lowest BCUT2D eigenvalue weighted by molar-refractivity contribution is -0.125. The molecule has 158 valence electrons. The summed E-state index contributed by atoms with van der Waals surface area (Å²) in [5.74, 6) is 0.610. The molecule has 0 aromatic rings. The molecule has 5 aliphatic rings. The second-order valence-corrected chi connectivity index (χ2v) is 10.4. The molecule has 2 N–H and O–H groups in total. The molecule has 2 aliphatic heterocycles. The Labute approximate surface area is 170 Å². The van der Waals surface area contributed by atoms with E-state index in [-0.39, 0.29) is 29.7 Å². The Morgan fingerprint density at radius 2 is 1.97 bits per heavy atom. The van der Waals surface area contributed by atoms with Crippen molar-refractivity contribution in [3.63, 3.8) is 0 Å². The zero-order chi connectivity index (χ0) is 20.6. The van der Waals surface area contributed by atoms with Crippen LogP contribution in [0, 0.1) is 16.7 Å². The summed E-state index contributed by atoms with van der Waals surface area (Å²) < 4.78 is 27.4. The minimum absolute atomic E-state index is 0.0684. The molecule has 5 nitrogen and oxygen atoms in total. The number of hydrogen-bond donors (Lipinski definition) is 2. The van der Waals surface area contributed by atoms with Crippen LogP contribution in [-0.2, 0) is 4.79 Å². The van der Waals surface area contributed by atoms with Crippen LogP contribution in [0.15, 0.2) is 28.1 Å². The number of allylic oxidation sites excluding steroid dienone is 3. The van der Waals surface area contributed by atoms with Crippen molar-refractivity contribution in [3.05, 3.63) is 23.0 Å². The predicted octanol–water partition coefficient (Wildman–Crippen LogP) is 3.55.